The molecular weight excluding hydrogens is 402 g/mol. The van der Waals surface area contributed by atoms with Crippen LogP contribution in [0.5, 0.6) is 0 Å². The smallest absolute Gasteiger partial charge is 0.277 e. The summed E-state index contributed by atoms with van der Waals surface area (Å²) in [6.45, 7) is 0. The van der Waals surface area contributed by atoms with Gasteiger partial charge < -0.3 is 10.2 Å². The van der Waals surface area contributed by atoms with Crippen LogP contribution in [0.15, 0.2) is 42.5 Å². The highest BCUT2D eigenvalue weighted by molar-refractivity contribution is 7.80. The van der Waals surface area contributed by atoms with Gasteiger partial charge in [0.05, 0.1) is 21.5 Å². The summed E-state index contributed by atoms with van der Waals surface area (Å²) in [4.78, 5) is 45.9. The lowest BCUT2D eigenvalue weighted by Crippen LogP contribution is -2.34. The minimum absolute atomic E-state index is 0.154. The number of nitrogens with one attached hydrogen (secondary N) is 2. The molecule has 0 unspecified atom stereocenters. The van der Waals surface area contributed by atoms with Crippen LogP contribution in [0, 0.1) is 20.2 Å². The first-order valence-corrected chi connectivity index (χ1v) is 8.37. The molecule has 0 atom stereocenters. The van der Waals surface area contributed by atoms with E-state index < -0.39 is 27.1 Å². The summed E-state index contributed by atoms with van der Waals surface area (Å²) in [7, 11) is 3.21. The summed E-state index contributed by atoms with van der Waals surface area (Å²) in [6, 6.07) is 8.93. The molecule has 0 aliphatic carbocycles. The molecule has 150 valence electrons. The number of rotatable bonds is 5. The van der Waals surface area contributed by atoms with E-state index in [0.29, 0.717) is 11.3 Å². The largest absolute Gasteiger partial charge is 0.345 e. The van der Waals surface area contributed by atoms with E-state index >= 15 is 0 Å². The van der Waals surface area contributed by atoms with Crippen molar-refractivity contribution in [3.05, 3.63) is 73.8 Å². The molecule has 0 saturated carbocycles. The van der Waals surface area contributed by atoms with Gasteiger partial charge in [-0.15, -0.1) is 0 Å². The van der Waals surface area contributed by atoms with Crippen LogP contribution < -0.4 is 10.6 Å². The number of anilines is 1. The van der Waals surface area contributed by atoms with E-state index in [1.54, 1.807) is 32.3 Å². The Morgan fingerprint density at radius 3 is 2.07 bits per heavy atom. The van der Waals surface area contributed by atoms with Gasteiger partial charge in [-0.2, -0.15) is 0 Å². The van der Waals surface area contributed by atoms with E-state index in [2.05, 4.69) is 10.6 Å². The van der Waals surface area contributed by atoms with E-state index in [1.807, 2.05) is 0 Å². The quantitative estimate of drug-likeness (QED) is 0.428. The molecule has 0 saturated heterocycles. The molecule has 29 heavy (non-hydrogen) atoms. The first kappa shape index (κ1) is 21.4. The maximum absolute atomic E-state index is 12.3. The van der Waals surface area contributed by atoms with Crippen LogP contribution in [-0.2, 0) is 0 Å². The number of nitro benzene ring substituents is 2. The number of carbonyl (C=O) groups excluding carboxylic acids is 2. The van der Waals surface area contributed by atoms with E-state index in [0.717, 1.165) is 18.2 Å². The lowest BCUT2D eigenvalue weighted by molar-refractivity contribution is -0.394. The number of carbonyl (C=O) groups is 2. The van der Waals surface area contributed by atoms with Crippen molar-refractivity contribution in [3.63, 3.8) is 0 Å². The Labute approximate surface area is 169 Å². The van der Waals surface area contributed by atoms with Crippen LogP contribution in [0.1, 0.15) is 20.7 Å². The second-order valence-electron chi connectivity index (χ2n) is 5.94. The number of hydrogen-bond donors (Lipinski definition) is 2. The summed E-state index contributed by atoms with van der Waals surface area (Å²) >= 11 is 5.04. The third-order valence-corrected chi connectivity index (χ3v) is 3.79. The average Bonchev–Trinajstić information content (AvgIpc) is 2.66. The lowest BCUT2D eigenvalue weighted by Gasteiger charge is -2.13. The van der Waals surface area contributed by atoms with Gasteiger partial charge >= 0.3 is 0 Å². The number of nitrogens with zero attached hydrogens (tertiary/aromatic N) is 3. The van der Waals surface area contributed by atoms with Gasteiger partial charge in [0.15, 0.2) is 5.11 Å². The Morgan fingerprint density at radius 1 is 0.966 bits per heavy atom. The molecule has 2 rings (SSSR count). The Balaban J connectivity index is 2.17. The van der Waals surface area contributed by atoms with Crippen LogP contribution in [0.25, 0.3) is 0 Å². The molecule has 0 spiro atoms. The molecule has 0 bridgehead atoms. The highest BCUT2D eigenvalue weighted by atomic mass is 32.1. The summed E-state index contributed by atoms with van der Waals surface area (Å²) < 4.78 is 0. The fourth-order valence-electron chi connectivity index (χ4n) is 2.26. The maximum atomic E-state index is 12.3. The minimum Gasteiger partial charge on any atom is -0.345 e. The number of benzene rings is 2. The Hall–Kier alpha value is -3.93. The monoisotopic (exact) mass is 417 g/mol. The summed E-state index contributed by atoms with van der Waals surface area (Å²) in [5.41, 5.74) is -0.681. The first-order valence-electron chi connectivity index (χ1n) is 7.96. The lowest BCUT2D eigenvalue weighted by atomic mass is 10.1. The standard InChI is InChI=1S/C17H15N5O6S/c1-20(2)16(24)10-4-3-5-12(6-10)18-17(29)19-15(23)11-7-13(21(25)26)9-14(8-11)22(27)28/h3-9H,1-2H3,(H2,18,19,23,29). The second kappa shape index (κ2) is 8.84. The second-order valence-corrected chi connectivity index (χ2v) is 6.35. The molecule has 12 heteroatoms. The Morgan fingerprint density at radius 2 is 1.55 bits per heavy atom. The highest BCUT2D eigenvalue weighted by Gasteiger charge is 2.20. The fourth-order valence-corrected chi connectivity index (χ4v) is 2.47. The molecule has 0 fully saturated rings. The molecule has 2 amide bonds. The zero-order valence-electron chi connectivity index (χ0n) is 15.2. The molecular formula is C17H15N5O6S. The molecule has 2 N–H and O–H groups in total. The highest BCUT2D eigenvalue weighted by Crippen LogP contribution is 2.22. The predicted octanol–water partition coefficient (Wildman–Crippen LogP) is 2.33. The van der Waals surface area contributed by atoms with Crippen LogP contribution in [-0.4, -0.2) is 45.8 Å². The van der Waals surface area contributed by atoms with Crippen molar-refractivity contribution in [2.45, 2.75) is 0 Å². The average molecular weight is 417 g/mol. The molecule has 0 radical (unpaired) electrons. The summed E-state index contributed by atoms with van der Waals surface area (Å²) in [6.07, 6.45) is 0. The number of amides is 2. The van der Waals surface area contributed by atoms with E-state index in [4.69, 9.17) is 12.2 Å². The van der Waals surface area contributed by atoms with Crippen molar-refractivity contribution in [1.29, 1.82) is 0 Å². The predicted molar refractivity (Wildman–Crippen MR) is 108 cm³/mol. The maximum Gasteiger partial charge on any atom is 0.277 e. The number of hydrogen-bond acceptors (Lipinski definition) is 7. The van der Waals surface area contributed by atoms with Gasteiger partial charge in [0.2, 0.25) is 0 Å². The van der Waals surface area contributed by atoms with Crippen molar-refractivity contribution in [2.75, 3.05) is 19.4 Å². The number of thiocarbonyl (C=S) groups is 1. The van der Waals surface area contributed by atoms with Crippen molar-refractivity contribution >= 4 is 46.2 Å². The summed E-state index contributed by atoms with van der Waals surface area (Å²) in [5, 5.41) is 26.7. The van der Waals surface area contributed by atoms with Gasteiger partial charge in [-0.3, -0.25) is 35.1 Å². The molecule has 2 aromatic rings. The van der Waals surface area contributed by atoms with Crippen LogP contribution in [0.2, 0.25) is 0 Å². The van der Waals surface area contributed by atoms with Gasteiger partial charge in [0.25, 0.3) is 23.2 Å². The van der Waals surface area contributed by atoms with Gasteiger partial charge in [0, 0.05) is 37.5 Å². The van der Waals surface area contributed by atoms with Gasteiger partial charge in [0.1, 0.15) is 0 Å². The van der Waals surface area contributed by atoms with E-state index in [9.17, 15) is 29.8 Å². The fraction of sp³-hybridized carbons (Fsp3) is 0.118. The zero-order valence-corrected chi connectivity index (χ0v) is 16.1. The van der Waals surface area contributed by atoms with Gasteiger partial charge in [-0.25, -0.2) is 0 Å². The minimum atomic E-state index is -0.866. The Bertz CT molecular complexity index is 991. The van der Waals surface area contributed by atoms with Crippen molar-refractivity contribution < 1.29 is 19.4 Å². The molecule has 11 nitrogen and oxygen atoms in total. The molecule has 0 aliphatic heterocycles. The van der Waals surface area contributed by atoms with E-state index in [-0.39, 0.29) is 16.6 Å². The number of non-ortho nitro benzene ring substituents is 2. The van der Waals surface area contributed by atoms with E-state index in [1.165, 1.54) is 11.0 Å². The van der Waals surface area contributed by atoms with Gasteiger partial charge in [-0.1, -0.05) is 6.07 Å². The van der Waals surface area contributed by atoms with Crippen LogP contribution in [0.3, 0.4) is 0 Å². The molecule has 0 heterocycles. The van der Waals surface area contributed by atoms with Gasteiger partial charge in [-0.05, 0) is 30.4 Å². The topological polar surface area (TPSA) is 148 Å². The normalized spacial score (nSPS) is 10.0. The molecule has 0 aromatic heterocycles. The third kappa shape index (κ3) is 5.52. The van der Waals surface area contributed by atoms with Crippen molar-refractivity contribution in [3.8, 4) is 0 Å². The third-order valence-electron chi connectivity index (χ3n) is 3.59. The summed E-state index contributed by atoms with van der Waals surface area (Å²) in [5.74, 6) is -1.10. The van der Waals surface area contributed by atoms with Crippen LogP contribution in [0.4, 0.5) is 17.1 Å². The Kier molecular flexibility index (Phi) is 6.51. The molecule has 0 aliphatic rings. The number of nitro groups is 2. The van der Waals surface area contributed by atoms with Crippen molar-refractivity contribution in [1.82, 2.24) is 10.2 Å². The van der Waals surface area contributed by atoms with Crippen LogP contribution >= 0.6 is 12.2 Å². The SMILES string of the molecule is CN(C)C(=O)c1cccc(NC(=S)NC(=O)c2cc([N+](=O)[O-])cc([N+](=O)[O-])c2)c1. The zero-order chi connectivity index (χ0) is 21.7. The molecule has 2 aromatic carbocycles. The first-order chi connectivity index (χ1) is 13.6. The van der Waals surface area contributed by atoms with Crippen molar-refractivity contribution in [2.24, 2.45) is 0 Å².